The minimum absolute atomic E-state index is 0.290. The maximum atomic E-state index is 11.7. The summed E-state index contributed by atoms with van der Waals surface area (Å²) < 4.78 is 0. The first-order valence-corrected chi connectivity index (χ1v) is 5.12. The fourth-order valence-corrected chi connectivity index (χ4v) is 1.36. The molecule has 1 amide bonds. The van der Waals surface area contributed by atoms with Crippen molar-refractivity contribution in [1.29, 1.82) is 0 Å². The number of pyridine rings is 2. The smallest absolute Gasteiger partial charge is 0.251 e. The van der Waals surface area contributed by atoms with Crippen LogP contribution in [0.5, 0.6) is 0 Å². The van der Waals surface area contributed by atoms with Gasteiger partial charge in [-0.3, -0.25) is 14.6 Å². The lowest BCUT2D eigenvalue weighted by molar-refractivity contribution is 0.0950. The number of nitrogens with zero attached hydrogens (tertiary/aromatic N) is 1. The quantitative estimate of drug-likeness (QED) is 0.813. The number of rotatable bonds is 3. The SMILES string of the molecule is O=C(NCc1ccccn1)c1cc[nH]c(=O)c1. The molecule has 0 unspecified atom stereocenters. The number of aromatic nitrogens is 2. The van der Waals surface area contributed by atoms with Gasteiger partial charge in [-0.15, -0.1) is 0 Å². The van der Waals surface area contributed by atoms with Gasteiger partial charge in [-0.05, 0) is 18.2 Å². The molecule has 0 fully saturated rings. The van der Waals surface area contributed by atoms with Crippen molar-refractivity contribution in [2.24, 2.45) is 0 Å². The summed E-state index contributed by atoms with van der Waals surface area (Å²) in [5, 5.41) is 2.69. The Kier molecular flexibility index (Phi) is 3.30. The molecule has 2 heterocycles. The van der Waals surface area contributed by atoms with Crippen molar-refractivity contribution < 1.29 is 4.79 Å². The summed E-state index contributed by atoms with van der Waals surface area (Å²) in [5.41, 5.74) is 0.811. The van der Waals surface area contributed by atoms with Crippen molar-refractivity contribution in [3.8, 4) is 0 Å². The Morgan fingerprint density at radius 2 is 2.24 bits per heavy atom. The molecule has 2 rings (SSSR count). The standard InChI is InChI=1S/C12H11N3O2/c16-11-7-9(4-6-14-11)12(17)15-8-10-3-1-2-5-13-10/h1-7H,8H2,(H,14,16)(H,15,17). The zero-order valence-electron chi connectivity index (χ0n) is 9.01. The third-order valence-corrected chi connectivity index (χ3v) is 2.19. The number of H-pyrrole nitrogens is 1. The minimum atomic E-state index is -0.296. The van der Waals surface area contributed by atoms with Crippen LogP contribution in [-0.2, 0) is 6.54 Å². The zero-order valence-corrected chi connectivity index (χ0v) is 9.01. The highest BCUT2D eigenvalue weighted by Gasteiger charge is 2.05. The molecule has 0 aliphatic heterocycles. The molecular weight excluding hydrogens is 218 g/mol. The van der Waals surface area contributed by atoms with Gasteiger partial charge in [0.2, 0.25) is 5.56 Å². The predicted octanol–water partition coefficient (Wildman–Crippen LogP) is 0.700. The van der Waals surface area contributed by atoms with Gasteiger partial charge in [0.05, 0.1) is 12.2 Å². The highest BCUT2D eigenvalue weighted by atomic mass is 16.2. The molecule has 5 heteroatoms. The number of carbonyl (C=O) groups is 1. The van der Waals surface area contributed by atoms with Crippen molar-refractivity contribution in [3.05, 3.63) is 64.3 Å². The Labute approximate surface area is 97.5 Å². The molecular formula is C12H11N3O2. The summed E-state index contributed by atoms with van der Waals surface area (Å²) in [5.74, 6) is -0.290. The molecule has 0 bridgehead atoms. The molecule has 0 aliphatic rings. The lowest BCUT2D eigenvalue weighted by Crippen LogP contribution is -2.24. The summed E-state index contributed by atoms with van der Waals surface area (Å²) in [7, 11) is 0. The Hall–Kier alpha value is -2.43. The van der Waals surface area contributed by atoms with E-state index in [0.717, 1.165) is 5.69 Å². The van der Waals surface area contributed by atoms with Crippen molar-refractivity contribution in [3.63, 3.8) is 0 Å². The Balaban J connectivity index is 2.01. The van der Waals surface area contributed by atoms with Crippen molar-refractivity contribution in [1.82, 2.24) is 15.3 Å². The molecule has 0 saturated carbocycles. The second-order valence-electron chi connectivity index (χ2n) is 3.45. The van der Waals surface area contributed by atoms with Crippen LogP contribution < -0.4 is 10.9 Å². The van der Waals surface area contributed by atoms with Crippen LogP contribution in [0, 0.1) is 0 Å². The van der Waals surface area contributed by atoms with E-state index in [1.54, 1.807) is 12.3 Å². The summed E-state index contributed by atoms with van der Waals surface area (Å²) in [6.45, 7) is 0.340. The summed E-state index contributed by atoms with van der Waals surface area (Å²) in [6.07, 6.45) is 3.10. The first-order valence-electron chi connectivity index (χ1n) is 5.12. The molecule has 86 valence electrons. The molecule has 17 heavy (non-hydrogen) atoms. The molecule has 0 spiro atoms. The van der Waals surface area contributed by atoms with Gasteiger partial charge in [0.15, 0.2) is 0 Å². The van der Waals surface area contributed by atoms with Crippen LogP contribution in [-0.4, -0.2) is 15.9 Å². The van der Waals surface area contributed by atoms with Gasteiger partial charge in [0.1, 0.15) is 0 Å². The normalized spacial score (nSPS) is 9.88. The van der Waals surface area contributed by atoms with Gasteiger partial charge in [-0.2, -0.15) is 0 Å². The fourth-order valence-electron chi connectivity index (χ4n) is 1.36. The van der Waals surface area contributed by atoms with Crippen molar-refractivity contribution in [2.75, 3.05) is 0 Å². The zero-order chi connectivity index (χ0) is 12.1. The third kappa shape index (κ3) is 3.01. The monoisotopic (exact) mass is 229 g/mol. The maximum absolute atomic E-state index is 11.7. The second-order valence-corrected chi connectivity index (χ2v) is 3.45. The first-order chi connectivity index (χ1) is 8.25. The number of aromatic amines is 1. The second kappa shape index (κ2) is 5.07. The summed E-state index contributed by atoms with van der Waals surface area (Å²) >= 11 is 0. The van der Waals surface area contributed by atoms with Crippen LogP contribution >= 0.6 is 0 Å². The predicted molar refractivity (Wildman–Crippen MR) is 62.5 cm³/mol. The highest BCUT2D eigenvalue weighted by Crippen LogP contribution is 1.96. The van der Waals surface area contributed by atoms with E-state index in [9.17, 15) is 9.59 Å². The lowest BCUT2D eigenvalue weighted by atomic mass is 10.2. The summed E-state index contributed by atoms with van der Waals surface area (Å²) in [4.78, 5) is 29.2. The van der Waals surface area contributed by atoms with Crippen LogP contribution in [0.4, 0.5) is 0 Å². The van der Waals surface area contributed by atoms with E-state index in [2.05, 4.69) is 15.3 Å². The van der Waals surface area contributed by atoms with Crippen LogP contribution in [0.25, 0.3) is 0 Å². The molecule has 0 atom stereocenters. The molecule has 5 nitrogen and oxygen atoms in total. The van der Waals surface area contributed by atoms with Gasteiger partial charge >= 0.3 is 0 Å². The summed E-state index contributed by atoms with van der Waals surface area (Å²) in [6, 6.07) is 8.28. The molecule has 2 aromatic heterocycles. The van der Waals surface area contributed by atoms with Crippen molar-refractivity contribution in [2.45, 2.75) is 6.54 Å². The number of nitrogens with one attached hydrogen (secondary N) is 2. The lowest BCUT2D eigenvalue weighted by Gasteiger charge is -2.03. The number of carbonyl (C=O) groups excluding carboxylic acids is 1. The van der Waals surface area contributed by atoms with Gasteiger partial charge in [0.25, 0.3) is 5.91 Å². The van der Waals surface area contributed by atoms with E-state index in [-0.39, 0.29) is 11.5 Å². The molecule has 2 N–H and O–H groups in total. The van der Waals surface area contributed by atoms with Gasteiger partial charge in [-0.25, -0.2) is 0 Å². The minimum Gasteiger partial charge on any atom is -0.346 e. The average Bonchev–Trinajstić information content (AvgIpc) is 2.37. The van der Waals surface area contributed by atoms with E-state index >= 15 is 0 Å². The fraction of sp³-hybridized carbons (Fsp3) is 0.0833. The van der Waals surface area contributed by atoms with Crippen LogP contribution in [0.3, 0.4) is 0 Å². The largest absolute Gasteiger partial charge is 0.346 e. The molecule has 2 aromatic rings. The average molecular weight is 229 g/mol. The third-order valence-electron chi connectivity index (χ3n) is 2.19. The van der Waals surface area contributed by atoms with E-state index < -0.39 is 0 Å². The maximum Gasteiger partial charge on any atom is 0.251 e. The number of hydrogen-bond donors (Lipinski definition) is 2. The van der Waals surface area contributed by atoms with Crippen LogP contribution in [0.1, 0.15) is 16.1 Å². The topological polar surface area (TPSA) is 74.8 Å². The van der Waals surface area contributed by atoms with Crippen LogP contribution in [0.2, 0.25) is 0 Å². The Bertz CT molecular complexity index is 563. The Morgan fingerprint density at radius 1 is 1.35 bits per heavy atom. The molecule has 0 saturated heterocycles. The van der Waals surface area contributed by atoms with Crippen molar-refractivity contribution >= 4 is 5.91 Å². The molecule has 0 aromatic carbocycles. The number of amides is 1. The van der Waals surface area contributed by atoms with E-state index in [1.165, 1.54) is 12.3 Å². The molecule has 0 aliphatic carbocycles. The Morgan fingerprint density at radius 3 is 2.94 bits per heavy atom. The first kappa shape index (κ1) is 11.1. The molecule has 0 radical (unpaired) electrons. The van der Waals surface area contributed by atoms with E-state index in [0.29, 0.717) is 12.1 Å². The van der Waals surface area contributed by atoms with Gasteiger partial charge < -0.3 is 10.3 Å². The van der Waals surface area contributed by atoms with Gasteiger partial charge in [0, 0.05) is 24.0 Å². The highest BCUT2D eigenvalue weighted by molar-refractivity contribution is 5.93. The van der Waals surface area contributed by atoms with Gasteiger partial charge in [-0.1, -0.05) is 6.07 Å². The van der Waals surface area contributed by atoms with E-state index in [1.807, 2.05) is 18.2 Å². The van der Waals surface area contributed by atoms with Crippen LogP contribution in [0.15, 0.2) is 47.5 Å². The van der Waals surface area contributed by atoms with E-state index in [4.69, 9.17) is 0 Å². The number of hydrogen-bond acceptors (Lipinski definition) is 3.